The van der Waals surface area contributed by atoms with Gasteiger partial charge in [0.15, 0.2) is 0 Å². The summed E-state index contributed by atoms with van der Waals surface area (Å²) in [6.45, 7) is 0. The van der Waals surface area contributed by atoms with E-state index < -0.39 is 0 Å². The number of aliphatic hydroxyl groups is 1. The Bertz CT molecular complexity index is 88.7. The predicted molar refractivity (Wildman–Crippen MR) is 29.0 cm³/mol. The van der Waals surface area contributed by atoms with Crippen LogP contribution in [0.4, 0.5) is 0 Å². The van der Waals surface area contributed by atoms with Crippen molar-refractivity contribution >= 4 is 0 Å². The zero-order valence-corrected chi connectivity index (χ0v) is 4.17. The molecule has 1 nitrogen and oxygen atoms in total. The zero-order valence-electron chi connectivity index (χ0n) is 5.17. The highest BCUT2D eigenvalue weighted by Crippen LogP contribution is 2.08. The Labute approximate surface area is 45.1 Å². The van der Waals surface area contributed by atoms with Crippen LogP contribution in [-0.4, -0.2) is 11.2 Å². The van der Waals surface area contributed by atoms with E-state index in [0.717, 1.165) is 12.8 Å². The van der Waals surface area contributed by atoms with E-state index in [1.165, 1.54) is 0 Å². The van der Waals surface area contributed by atoms with Crippen molar-refractivity contribution in [2.45, 2.75) is 25.3 Å². The van der Waals surface area contributed by atoms with Gasteiger partial charge in [0.25, 0.3) is 0 Å². The zero-order chi connectivity index (χ0) is 5.98. The molecule has 1 aliphatic rings. The maximum absolute atomic E-state index is 8.86. The lowest BCUT2D eigenvalue weighted by Gasteiger charge is -2.07. The van der Waals surface area contributed by atoms with Crippen molar-refractivity contribution < 1.29 is 6.48 Å². The minimum Gasteiger partial charge on any atom is -0.389 e. The lowest BCUT2D eigenvalue weighted by atomic mass is 10.1. The van der Waals surface area contributed by atoms with E-state index >= 15 is 0 Å². The molecule has 0 amide bonds. The van der Waals surface area contributed by atoms with Gasteiger partial charge in [-0.3, -0.25) is 0 Å². The first-order valence-electron chi connectivity index (χ1n) is 3.15. The third-order valence-corrected chi connectivity index (χ3v) is 1.10. The molecule has 0 aromatic carbocycles. The molecule has 0 unspecified atom stereocenters. The molecule has 1 aliphatic carbocycles. The van der Waals surface area contributed by atoms with Crippen LogP contribution in [0.3, 0.4) is 0 Å². The second-order valence-corrected chi connectivity index (χ2v) is 1.77. The minimum atomic E-state index is -0.281. The third-order valence-electron chi connectivity index (χ3n) is 1.10. The SMILES string of the molecule is [2H][C@@H]1C=C[C@H](O)CC1. The monoisotopic (exact) mass is 99.1 g/mol. The summed E-state index contributed by atoms with van der Waals surface area (Å²) in [5.74, 6) is 0. The average Bonchev–Trinajstić information content (AvgIpc) is 1.77. The predicted octanol–water partition coefficient (Wildman–Crippen LogP) is 1.09. The molecule has 0 aliphatic heterocycles. The fraction of sp³-hybridized carbons (Fsp3) is 0.667. The largest absolute Gasteiger partial charge is 0.389 e. The third kappa shape index (κ3) is 1.32. The van der Waals surface area contributed by atoms with E-state index in [2.05, 4.69) is 0 Å². The molecule has 1 heteroatoms. The molecule has 40 valence electrons. The quantitative estimate of drug-likeness (QED) is 0.451. The van der Waals surface area contributed by atoms with Gasteiger partial charge in [-0.05, 0) is 19.2 Å². The van der Waals surface area contributed by atoms with Gasteiger partial charge in [0.1, 0.15) is 0 Å². The van der Waals surface area contributed by atoms with E-state index in [-0.39, 0.29) is 12.5 Å². The lowest BCUT2D eigenvalue weighted by Crippen LogP contribution is -2.04. The van der Waals surface area contributed by atoms with Crippen LogP contribution in [0.2, 0.25) is 0 Å². The molecular weight excluding hydrogens is 88.1 g/mol. The molecule has 0 bridgehead atoms. The Morgan fingerprint density at radius 2 is 2.71 bits per heavy atom. The Hall–Kier alpha value is -0.300. The number of hydrogen-bond acceptors (Lipinski definition) is 1. The fourth-order valence-electron chi connectivity index (χ4n) is 0.666. The highest BCUT2D eigenvalue weighted by atomic mass is 16.3. The minimum absolute atomic E-state index is 0.0709. The lowest BCUT2D eigenvalue weighted by molar-refractivity contribution is 0.204. The maximum atomic E-state index is 8.86. The Kier molecular flexibility index (Phi) is 1.11. The highest BCUT2D eigenvalue weighted by molar-refractivity contribution is 4.92. The molecule has 0 aromatic rings. The van der Waals surface area contributed by atoms with Gasteiger partial charge in [0, 0.05) is 1.37 Å². The van der Waals surface area contributed by atoms with Crippen molar-refractivity contribution in [2.75, 3.05) is 0 Å². The molecule has 0 heterocycles. The summed E-state index contributed by atoms with van der Waals surface area (Å²) in [6, 6.07) is 0. The molecule has 0 aromatic heterocycles. The van der Waals surface area contributed by atoms with E-state index in [0.29, 0.717) is 0 Å². The van der Waals surface area contributed by atoms with Gasteiger partial charge in [-0.25, -0.2) is 0 Å². The molecule has 1 N–H and O–H groups in total. The summed E-state index contributed by atoms with van der Waals surface area (Å²) >= 11 is 0. The molecule has 0 saturated carbocycles. The molecule has 7 heavy (non-hydrogen) atoms. The van der Waals surface area contributed by atoms with Crippen molar-refractivity contribution in [1.82, 2.24) is 0 Å². The van der Waals surface area contributed by atoms with Crippen LogP contribution < -0.4 is 0 Å². The van der Waals surface area contributed by atoms with E-state index in [9.17, 15) is 0 Å². The van der Waals surface area contributed by atoms with Crippen LogP contribution in [0.5, 0.6) is 0 Å². The van der Waals surface area contributed by atoms with Crippen molar-refractivity contribution in [3.63, 3.8) is 0 Å². The van der Waals surface area contributed by atoms with Crippen LogP contribution >= 0.6 is 0 Å². The summed E-state index contributed by atoms with van der Waals surface area (Å²) < 4.78 is 7.16. The second-order valence-electron chi connectivity index (χ2n) is 1.77. The van der Waals surface area contributed by atoms with Crippen LogP contribution in [0, 0.1) is 0 Å². The smallest absolute Gasteiger partial charge is 0.0721 e. The van der Waals surface area contributed by atoms with E-state index in [4.69, 9.17) is 6.48 Å². The van der Waals surface area contributed by atoms with E-state index in [1.807, 2.05) is 0 Å². The summed E-state index contributed by atoms with van der Waals surface area (Å²) in [4.78, 5) is 0. The first-order valence-corrected chi connectivity index (χ1v) is 2.57. The Morgan fingerprint density at radius 3 is 3.14 bits per heavy atom. The van der Waals surface area contributed by atoms with Gasteiger partial charge in [-0.1, -0.05) is 12.2 Å². The van der Waals surface area contributed by atoms with Crippen LogP contribution in [0.1, 0.15) is 20.6 Å². The summed E-state index contributed by atoms with van der Waals surface area (Å²) in [5.41, 5.74) is 0. The Balaban J connectivity index is 2.42. The Morgan fingerprint density at radius 1 is 1.86 bits per heavy atom. The van der Waals surface area contributed by atoms with E-state index in [1.54, 1.807) is 12.2 Å². The summed E-state index contributed by atoms with van der Waals surface area (Å²) in [7, 11) is 0. The number of allylic oxidation sites excluding steroid dienone is 1. The molecule has 0 spiro atoms. The van der Waals surface area contributed by atoms with Crippen molar-refractivity contribution in [3.05, 3.63) is 12.2 Å². The first-order chi connectivity index (χ1) is 3.79. The maximum Gasteiger partial charge on any atom is 0.0721 e. The fourth-order valence-corrected chi connectivity index (χ4v) is 0.666. The van der Waals surface area contributed by atoms with Crippen molar-refractivity contribution in [3.8, 4) is 0 Å². The van der Waals surface area contributed by atoms with Gasteiger partial charge in [-0.2, -0.15) is 0 Å². The van der Waals surface area contributed by atoms with Crippen LogP contribution in [0.25, 0.3) is 0 Å². The van der Waals surface area contributed by atoms with Crippen molar-refractivity contribution in [2.24, 2.45) is 0 Å². The standard InChI is InChI=1S/C6H10O/c7-6-4-2-1-3-5-6/h2,4,6-7H,1,3,5H2/t6-/m0/s1/i1D/t1-,6+/m1. The molecule has 0 saturated heterocycles. The number of aliphatic hydroxyl groups excluding tert-OH is 1. The average molecular weight is 99.2 g/mol. The normalized spacial score (nSPS) is 43.3. The summed E-state index contributed by atoms with van der Waals surface area (Å²) in [6.07, 6.45) is 4.65. The molecule has 1 rings (SSSR count). The number of rotatable bonds is 0. The van der Waals surface area contributed by atoms with Gasteiger partial charge in [0.05, 0.1) is 6.10 Å². The van der Waals surface area contributed by atoms with Crippen LogP contribution in [-0.2, 0) is 0 Å². The first kappa shape index (κ1) is 3.67. The molecular formula is C6H10O. The topological polar surface area (TPSA) is 20.2 Å². The van der Waals surface area contributed by atoms with Crippen molar-refractivity contribution in [1.29, 1.82) is 0 Å². The summed E-state index contributed by atoms with van der Waals surface area (Å²) in [5, 5.41) is 8.86. The molecule has 0 fully saturated rings. The molecule has 0 radical (unpaired) electrons. The van der Waals surface area contributed by atoms with Crippen LogP contribution in [0.15, 0.2) is 12.2 Å². The van der Waals surface area contributed by atoms with Gasteiger partial charge in [0.2, 0.25) is 0 Å². The highest BCUT2D eigenvalue weighted by Gasteiger charge is 2.00. The van der Waals surface area contributed by atoms with Gasteiger partial charge in [-0.15, -0.1) is 0 Å². The van der Waals surface area contributed by atoms with Gasteiger partial charge >= 0.3 is 0 Å². The van der Waals surface area contributed by atoms with Gasteiger partial charge < -0.3 is 5.11 Å². The number of hydrogen-bond donors (Lipinski definition) is 1. The molecule has 2 atom stereocenters. The second kappa shape index (κ2) is 2.12.